The topological polar surface area (TPSA) is 87.1 Å². The van der Waals surface area contributed by atoms with Crippen LogP contribution in [0.15, 0.2) is 59.6 Å². The fourth-order valence-corrected chi connectivity index (χ4v) is 5.67. The molecular formula is C25H25BFNO5. The van der Waals surface area contributed by atoms with Gasteiger partial charge in [-0.15, -0.1) is 0 Å². The maximum Gasteiger partial charge on any atom is 0.487 e. The predicted octanol–water partition coefficient (Wildman–Crippen LogP) is 3.79. The first kappa shape index (κ1) is 21.9. The molecule has 2 aromatic rings. The van der Waals surface area contributed by atoms with E-state index in [4.69, 9.17) is 4.65 Å². The second-order valence-corrected chi connectivity index (χ2v) is 9.35. The lowest BCUT2D eigenvalue weighted by Gasteiger charge is -2.43. The van der Waals surface area contributed by atoms with E-state index in [1.165, 1.54) is 17.0 Å². The second kappa shape index (κ2) is 8.11. The number of carbonyl (C=O) groups excluding carboxylic acids is 2. The van der Waals surface area contributed by atoms with Crippen molar-refractivity contribution in [2.75, 3.05) is 4.90 Å². The van der Waals surface area contributed by atoms with Gasteiger partial charge in [-0.3, -0.25) is 14.5 Å². The minimum absolute atomic E-state index is 0.0676. The zero-order valence-electron chi connectivity index (χ0n) is 18.4. The molecule has 8 heteroatoms. The van der Waals surface area contributed by atoms with E-state index in [0.717, 1.165) is 5.57 Å². The van der Waals surface area contributed by atoms with Crippen LogP contribution in [0, 0.1) is 29.5 Å². The molecule has 2 N–H and O–H groups in total. The van der Waals surface area contributed by atoms with Gasteiger partial charge >= 0.3 is 7.12 Å². The molecule has 0 bridgehead atoms. The van der Waals surface area contributed by atoms with E-state index in [2.05, 4.69) is 0 Å². The number of nitrogens with zero attached hydrogens (tertiary/aromatic N) is 1. The number of amides is 2. The summed E-state index contributed by atoms with van der Waals surface area (Å²) in [5.74, 6) is -3.20. The summed E-state index contributed by atoms with van der Waals surface area (Å²) in [6.45, 7) is 4.01. The number of phenols is 1. The number of para-hydroxylation sites is 1. The average molecular weight is 449 g/mol. The number of aromatic hydroxyl groups is 1. The first-order valence-corrected chi connectivity index (χ1v) is 11.3. The number of carbonyl (C=O) groups is 2. The zero-order valence-corrected chi connectivity index (χ0v) is 18.4. The van der Waals surface area contributed by atoms with Crippen molar-refractivity contribution in [3.8, 4) is 5.75 Å². The maximum absolute atomic E-state index is 14.0. The summed E-state index contributed by atoms with van der Waals surface area (Å²) in [6.07, 6.45) is 0.0566. The van der Waals surface area contributed by atoms with E-state index in [1.54, 1.807) is 30.3 Å². The monoisotopic (exact) mass is 449 g/mol. The van der Waals surface area contributed by atoms with Gasteiger partial charge in [0.25, 0.3) is 0 Å². The van der Waals surface area contributed by atoms with Crippen LogP contribution in [0.1, 0.15) is 38.4 Å². The smallest absolute Gasteiger partial charge is 0.487 e. The van der Waals surface area contributed by atoms with Gasteiger partial charge in [-0.05, 0) is 60.0 Å². The molecule has 2 aromatic carbocycles. The Kier molecular flexibility index (Phi) is 5.37. The van der Waals surface area contributed by atoms with Crippen LogP contribution in [0.4, 0.5) is 10.1 Å². The van der Waals surface area contributed by atoms with Crippen molar-refractivity contribution in [1.82, 2.24) is 0 Å². The molecule has 0 spiro atoms. The van der Waals surface area contributed by atoms with E-state index in [9.17, 15) is 24.1 Å². The molecule has 0 saturated carbocycles. The lowest BCUT2D eigenvalue weighted by molar-refractivity contribution is -0.123. The van der Waals surface area contributed by atoms with E-state index < -0.39 is 42.5 Å². The Bertz CT molecular complexity index is 1150. The summed E-state index contributed by atoms with van der Waals surface area (Å²) in [4.78, 5) is 28.3. The Hall–Kier alpha value is -2.97. The number of hydrogen-bond donors (Lipinski definition) is 2. The number of hydrogen-bond acceptors (Lipinski definition) is 5. The summed E-state index contributed by atoms with van der Waals surface area (Å²) in [7, 11) is -1.25. The number of fused-ring (bicyclic) bond motifs is 3. The highest BCUT2D eigenvalue weighted by Crippen LogP contribution is 2.53. The number of allylic oxidation sites excluding steroid dienone is 2. The third-order valence-corrected chi connectivity index (χ3v) is 7.20. The summed E-state index contributed by atoms with van der Waals surface area (Å²) in [6, 6.07) is 12.9. The molecule has 2 amide bonds. The second-order valence-electron chi connectivity index (χ2n) is 9.35. The molecule has 4 atom stereocenters. The number of anilines is 1. The van der Waals surface area contributed by atoms with Crippen LogP contribution in [0.2, 0.25) is 0 Å². The minimum atomic E-state index is -1.25. The molecule has 2 aliphatic heterocycles. The van der Waals surface area contributed by atoms with Crippen LogP contribution in [0.25, 0.3) is 0 Å². The van der Waals surface area contributed by atoms with Gasteiger partial charge in [0.2, 0.25) is 11.8 Å². The summed E-state index contributed by atoms with van der Waals surface area (Å²) in [5, 5.41) is 20.5. The number of rotatable bonds is 3. The Labute approximate surface area is 191 Å². The van der Waals surface area contributed by atoms with Crippen molar-refractivity contribution in [1.29, 1.82) is 0 Å². The Morgan fingerprint density at radius 3 is 2.48 bits per heavy atom. The molecule has 1 aliphatic carbocycles. The summed E-state index contributed by atoms with van der Waals surface area (Å²) in [5.41, 5.74) is 2.63. The Morgan fingerprint density at radius 2 is 1.82 bits per heavy atom. The SMILES string of the molecule is CC(C)C1=C2B(O)O[C@H](c3ccc(O)c(F)c3)C[C@H]2[C@H]2C(=O)N(c3ccccc3)C(=O)[C@H]2C1. The van der Waals surface area contributed by atoms with Crippen molar-refractivity contribution in [2.24, 2.45) is 23.7 Å². The number of phenolic OH excluding ortho intramolecular Hbond substituents is 1. The van der Waals surface area contributed by atoms with E-state index in [1.807, 2.05) is 19.9 Å². The molecule has 6 nitrogen and oxygen atoms in total. The fraction of sp³-hybridized carbons (Fsp3) is 0.360. The number of imide groups is 1. The number of halogens is 1. The van der Waals surface area contributed by atoms with Crippen LogP contribution >= 0.6 is 0 Å². The molecule has 33 heavy (non-hydrogen) atoms. The van der Waals surface area contributed by atoms with Crippen molar-refractivity contribution in [2.45, 2.75) is 32.8 Å². The lowest BCUT2D eigenvalue weighted by atomic mass is 9.54. The van der Waals surface area contributed by atoms with Crippen molar-refractivity contribution in [3.05, 3.63) is 71.0 Å². The van der Waals surface area contributed by atoms with E-state index >= 15 is 0 Å². The molecule has 2 saturated heterocycles. The van der Waals surface area contributed by atoms with Crippen LogP contribution in [-0.4, -0.2) is 29.1 Å². The summed E-state index contributed by atoms with van der Waals surface area (Å²) < 4.78 is 19.9. The Morgan fingerprint density at radius 1 is 1.09 bits per heavy atom. The highest BCUT2D eigenvalue weighted by atomic mass is 19.1. The van der Waals surface area contributed by atoms with Gasteiger partial charge in [0, 0.05) is 0 Å². The lowest BCUT2D eigenvalue weighted by Crippen LogP contribution is -2.45. The van der Waals surface area contributed by atoms with Crippen LogP contribution in [0.5, 0.6) is 5.75 Å². The van der Waals surface area contributed by atoms with Crippen LogP contribution in [-0.2, 0) is 14.2 Å². The molecule has 0 unspecified atom stereocenters. The van der Waals surface area contributed by atoms with Gasteiger partial charge in [0.15, 0.2) is 11.6 Å². The van der Waals surface area contributed by atoms with Gasteiger partial charge in [-0.2, -0.15) is 0 Å². The standard InChI is InChI=1S/C25H25BFNO5/c1-13(2)16-11-18-22(25(31)28(24(18)30)15-6-4-3-5-7-15)17-12-21(33-26(32)23(16)17)14-8-9-20(29)19(27)10-14/h3-10,13,17-18,21-22,29,32H,11-12H2,1-2H3/t17-,18-,21-,22+/m0/s1. The molecule has 170 valence electrons. The van der Waals surface area contributed by atoms with Gasteiger partial charge < -0.3 is 14.8 Å². The van der Waals surface area contributed by atoms with Gasteiger partial charge in [0.1, 0.15) is 0 Å². The fourth-order valence-electron chi connectivity index (χ4n) is 5.67. The maximum atomic E-state index is 14.0. The van der Waals surface area contributed by atoms with E-state index in [-0.39, 0.29) is 17.7 Å². The molecule has 0 radical (unpaired) electrons. The summed E-state index contributed by atoms with van der Waals surface area (Å²) >= 11 is 0. The Balaban J connectivity index is 1.56. The normalized spacial score (nSPS) is 27.3. The van der Waals surface area contributed by atoms with Gasteiger partial charge in [-0.25, -0.2) is 4.39 Å². The van der Waals surface area contributed by atoms with Crippen LogP contribution in [0.3, 0.4) is 0 Å². The third-order valence-electron chi connectivity index (χ3n) is 7.20. The largest absolute Gasteiger partial charge is 0.505 e. The van der Waals surface area contributed by atoms with E-state index in [0.29, 0.717) is 29.6 Å². The van der Waals surface area contributed by atoms with Crippen molar-refractivity contribution < 1.29 is 28.8 Å². The third kappa shape index (κ3) is 3.48. The first-order chi connectivity index (χ1) is 15.8. The zero-order chi connectivity index (χ0) is 23.4. The molecular weight excluding hydrogens is 424 g/mol. The van der Waals surface area contributed by atoms with Gasteiger partial charge in [-0.1, -0.05) is 43.7 Å². The quantitative estimate of drug-likeness (QED) is 0.550. The highest BCUT2D eigenvalue weighted by molar-refractivity contribution is 6.53. The molecule has 0 aromatic heterocycles. The average Bonchev–Trinajstić information content (AvgIpc) is 3.05. The van der Waals surface area contributed by atoms with Crippen molar-refractivity contribution >= 4 is 24.6 Å². The van der Waals surface area contributed by atoms with Crippen LogP contribution < -0.4 is 4.90 Å². The van der Waals surface area contributed by atoms with Crippen molar-refractivity contribution in [3.63, 3.8) is 0 Å². The molecule has 3 aliphatic rings. The molecule has 2 fully saturated rings. The predicted molar refractivity (Wildman–Crippen MR) is 120 cm³/mol. The number of benzene rings is 2. The van der Waals surface area contributed by atoms with Gasteiger partial charge in [0.05, 0.1) is 23.6 Å². The molecule has 2 heterocycles. The minimum Gasteiger partial charge on any atom is -0.505 e. The first-order valence-electron chi connectivity index (χ1n) is 11.3. The highest BCUT2D eigenvalue weighted by Gasteiger charge is 2.58. The molecule has 5 rings (SSSR count).